The van der Waals surface area contributed by atoms with Gasteiger partial charge in [-0.3, -0.25) is 4.79 Å². The Kier molecular flexibility index (Phi) is 5.33. The van der Waals surface area contributed by atoms with Gasteiger partial charge < -0.3 is 4.90 Å². The first-order valence-corrected chi connectivity index (χ1v) is 7.41. The molecule has 1 fully saturated rings. The van der Waals surface area contributed by atoms with Crippen LogP contribution in [0.2, 0.25) is 0 Å². The summed E-state index contributed by atoms with van der Waals surface area (Å²) in [5, 5.41) is 0. The molecule has 0 radical (unpaired) electrons. The summed E-state index contributed by atoms with van der Waals surface area (Å²) in [6.07, 6.45) is 8.76. The molecule has 3 heteroatoms. The third-order valence-corrected chi connectivity index (χ3v) is 3.71. The third kappa shape index (κ3) is 3.92. The van der Waals surface area contributed by atoms with E-state index in [0.29, 0.717) is 6.42 Å². The van der Waals surface area contributed by atoms with Gasteiger partial charge in [-0.2, -0.15) is 0 Å². The average molecular weight is 275 g/mol. The zero-order valence-electron chi connectivity index (χ0n) is 12.0. The molecule has 0 aromatic heterocycles. The summed E-state index contributed by atoms with van der Waals surface area (Å²) in [4.78, 5) is 13.7. The molecule has 1 aliphatic heterocycles. The molecule has 2 nitrogen and oxygen atoms in total. The molecule has 1 saturated heterocycles. The quantitative estimate of drug-likeness (QED) is 0.725. The largest absolute Gasteiger partial charge is 0.336 e. The molecule has 1 unspecified atom stereocenters. The standard InChI is InChI=1S/C17H22FNO/c1-2-13-19-16(11-12-17(19)20)6-4-3-5-14-7-9-15(18)10-8-14/h4,6-10,16H,2-3,5,11-13H2,1H3/b6-4+. The summed E-state index contributed by atoms with van der Waals surface area (Å²) in [5.74, 6) is 0.0870. The van der Waals surface area contributed by atoms with E-state index in [2.05, 4.69) is 19.1 Å². The van der Waals surface area contributed by atoms with E-state index in [9.17, 15) is 9.18 Å². The van der Waals surface area contributed by atoms with Gasteiger partial charge in [-0.1, -0.05) is 31.2 Å². The molecule has 1 aromatic carbocycles. The van der Waals surface area contributed by atoms with Crippen LogP contribution < -0.4 is 0 Å². The fraction of sp³-hybridized carbons (Fsp3) is 0.471. The van der Waals surface area contributed by atoms with E-state index in [0.717, 1.165) is 37.8 Å². The van der Waals surface area contributed by atoms with Gasteiger partial charge in [-0.05, 0) is 43.4 Å². The lowest BCUT2D eigenvalue weighted by molar-refractivity contribution is -0.128. The van der Waals surface area contributed by atoms with Crippen LogP contribution >= 0.6 is 0 Å². The predicted octanol–water partition coefficient (Wildman–Crippen LogP) is 3.72. The Morgan fingerprint density at radius 1 is 1.35 bits per heavy atom. The summed E-state index contributed by atoms with van der Waals surface area (Å²) in [6.45, 7) is 2.95. The lowest BCUT2D eigenvalue weighted by Crippen LogP contribution is -2.32. The van der Waals surface area contributed by atoms with Crippen molar-refractivity contribution in [2.75, 3.05) is 6.54 Å². The number of hydrogen-bond donors (Lipinski definition) is 0. The number of hydrogen-bond acceptors (Lipinski definition) is 1. The number of aryl methyl sites for hydroxylation is 1. The summed E-state index contributed by atoms with van der Waals surface area (Å²) in [6, 6.07) is 6.92. The third-order valence-electron chi connectivity index (χ3n) is 3.71. The van der Waals surface area contributed by atoms with Crippen LogP contribution in [0.3, 0.4) is 0 Å². The van der Waals surface area contributed by atoms with E-state index in [1.807, 2.05) is 17.0 Å². The van der Waals surface area contributed by atoms with Gasteiger partial charge in [0, 0.05) is 13.0 Å². The van der Waals surface area contributed by atoms with E-state index in [-0.39, 0.29) is 17.8 Å². The van der Waals surface area contributed by atoms with Crippen molar-refractivity contribution in [3.05, 3.63) is 47.8 Å². The molecule has 0 N–H and O–H groups in total. The van der Waals surface area contributed by atoms with Crippen molar-refractivity contribution < 1.29 is 9.18 Å². The monoisotopic (exact) mass is 275 g/mol. The van der Waals surface area contributed by atoms with Gasteiger partial charge in [0.05, 0.1) is 6.04 Å². The summed E-state index contributed by atoms with van der Waals surface area (Å²) >= 11 is 0. The van der Waals surface area contributed by atoms with E-state index in [1.54, 1.807) is 0 Å². The van der Waals surface area contributed by atoms with Crippen LogP contribution in [0.15, 0.2) is 36.4 Å². The van der Waals surface area contributed by atoms with Gasteiger partial charge in [0.15, 0.2) is 0 Å². The summed E-state index contributed by atoms with van der Waals surface area (Å²) < 4.78 is 12.8. The minimum Gasteiger partial charge on any atom is -0.336 e. The van der Waals surface area contributed by atoms with Crippen LogP contribution in [-0.4, -0.2) is 23.4 Å². The maximum atomic E-state index is 12.8. The average Bonchev–Trinajstić information content (AvgIpc) is 2.79. The van der Waals surface area contributed by atoms with Gasteiger partial charge >= 0.3 is 0 Å². The molecule has 1 aliphatic rings. The first-order valence-electron chi connectivity index (χ1n) is 7.41. The number of benzene rings is 1. The molecule has 1 heterocycles. The molecule has 0 aliphatic carbocycles. The lowest BCUT2D eigenvalue weighted by atomic mass is 10.1. The van der Waals surface area contributed by atoms with Gasteiger partial charge in [-0.25, -0.2) is 4.39 Å². The van der Waals surface area contributed by atoms with Crippen molar-refractivity contribution in [3.63, 3.8) is 0 Å². The number of halogens is 1. The normalized spacial score (nSPS) is 19.2. The van der Waals surface area contributed by atoms with Crippen LogP contribution in [0, 0.1) is 5.82 Å². The van der Waals surface area contributed by atoms with Crippen molar-refractivity contribution in [3.8, 4) is 0 Å². The Bertz CT molecular complexity index is 466. The maximum Gasteiger partial charge on any atom is 0.223 e. The second-order valence-corrected chi connectivity index (χ2v) is 5.29. The van der Waals surface area contributed by atoms with Crippen molar-refractivity contribution in [2.45, 2.75) is 45.1 Å². The molecule has 2 rings (SSSR count). The molecule has 1 amide bonds. The van der Waals surface area contributed by atoms with Gasteiger partial charge in [-0.15, -0.1) is 0 Å². The minimum absolute atomic E-state index is 0.191. The molecule has 1 atom stereocenters. The Morgan fingerprint density at radius 3 is 2.80 bits per heavy atom. The smallest absolute Gasteiger partial charge is 0.223 e. The Balaban J connectivity index is 1.81. The number of rotatable bonds is 6. The van der Waals surface area contributed by atoms with Crippen molar-refractivity contribution in [1.82, 2.24) is 4.90 Å². The Hall–Kier alpha value is -1.64. The number of carbonyl (C=O) groups excluding carboxylic acids is 1. The van der Waals surface area contributed by atoms with Crippen LogP contribution in [0.5, 0.6) is 0 Å². The molecule has 0 saturated carbocycles. The van der Waals surface area contributed by atoms with Crippen LogP contribution in [0.25, 0.3) is 0 Å². The molecule has 0 bridgehead atoms. The zero-order valence-corrected chi connectivity index (χ0v) is 12.0. The lowest BCUT2D eigenvalue weighted by Gasteiger charge is -2.21. The van der Waals surface area contributed by atoms with E-state index in [4.69, 9.17) is 0 Å². The number of amides is 1. The van der Waals surface area contributed by atoms with E-state index < -0.39 is 0 Å². The van der Waals surface area contributed by atoms with Gasteiger partial charge in [0.1, 0.15) is 5.82 Å². The van der Waals surface area contributed by atoms with Crippen LogP contribution in [0.1, 0.15) is 38.2 Å². The van der Waals surface area contributed by atoms with E-state index in [1.165, 1.54) is 12.1 Å². The molecule has 1 aromatic rings. The molecular weight excluding hydrogens is 253 g/mol. The molecule has 108 valence electrons. The predicted molar refractivity (Wildman–Crippen MR) is 78.9 cm³/mol. The second-order valence-electron chi connectivity index (χ2n) is 5.29. The highest BCUT2D eigenvalue weighted by Crippen LogP contribution is 2.20. The highest BCUT2D eigenvalue weighted by molar-refractivity contribution is 5.79. The molecule has 0 spiro atoms. The first-order chi connectivity index (χ1) is 9.70. The van der Waals surface area contributed by atoms with Crippen molar-refractivity contribution in [2.24, 2.45) is 0 Å². The van der Waals surface area contributed by atoms with Crippen LogP contribution in [-0.2, 0) is 11.2 Å². The summed E-state index contributed by atoms with van der Waals surface area (Å²) in [7, 11) is 0. The number of carbonyl (C=O) groups is 1. The second kappa shape index (κ2) is 7.22. The number of allylic oxidation sites excluding steroid dienone is 1. The molecular formula is C17H22FNO. The first kappa shape index (κ1) is 14.8. The Morgan fingerprint density at radius 2 is 2.10 bits per heavy atom. The molecule has 20 heavy (non-hydrogen) atoms. The number of nitrogens with zero attached hydrogens (tertiary/aromatic N) is 1. The topological polar surface area (TPSA) is 20.3 Å². The number of likely N-dealkylation sites (tertiary alicyclic amines) is 1. The minimum atomic E-state index is -0.191. The Labute approximate surface area is 120 Å². The highest BCUT2D eigenvalue weighted by Gasteiger charge is 2.27. The fourth-order valence-electron chi connectivity index (χ4n) is 2.64. The summed E-state index contributed by atoms with van der Waals surface area (Å²) in [5.41, 5.74) is 1.14. The fourth-order valence-corrected chi connectivity index (χ4v) is 2.64. The van der Waals surface area contributed by atoms with Gasteiger partial charge in [0.2, 0.25) is 5.91 Å². The highest BCUT2D eigenvalue weighted by atomic mass is 19.1. The van der Waals surface area contributed by atoms with Gasteiger partial charge in [0.25, 0.3) is 0 Å². The van der Waals surface area contributed by atoms with Crippen LogP contribution in [0.4, 0.5) is 4.39 Å². The SMILES string of the molecule is CCCN1C(=O)CCC1/C=C/CCc1ccc(F)cc1. The van der Waals surface area contributed by atoms with Crippen molar-refractivity contribution >= 4 is 5.91 Å². The zero-order chi connectivity index (χ0) is 14.4. The maximum absolute atomic E-state index is 12.8. The van der Waals surface area contributed by atoms with E-state index >= 15 is 0 Å². The van der Waals surface area contributed by atoms with Crippen molar-refractivity contribution in [1.29, 1.82) is 0 Å².